The molecule has 0 saturated carbocycles. The molecule has 1 aromatic heterocycles. The average molecular weight is 251 g/mol. The summed E-state index contributed by atoms with van der Waals surface area (Å²) >= 11 is 0. The topological polar surface area (TPSA) is 88.2 Å². The molecule has 0 aromatic carbocycles. The van der Waals surface area contributed by atoms with E-state index in [4.69, 9.17) is 5.73 Å². The lowest BCUT2D eigenvalue weighted by Crippen LogP contribution is -2.32. The minimum Gasteiger partial charge on any atom is -0.504 e. The highest BCUT2D eigenvalue weighted by Gasteiger charge is 2.24. The van der Waals surface area contributed by atoms with Gasteiger partial charge in [0.2, 0.25) is 5.91 Å². The fraction of sp³-hybridized carbons (Fsp3) is 0.538. The van der Waals surface area contributed by atoms with Gasteiger partial charge in [0.15, 0.2) is 11.6 Å². The van der Waals surface area contributed by atoms with Gasteiger partial charge in [0.05, 0.1) is 5.92 Å². The van der Waals surface area contributed by atoms with Crippen LogP contribution in [0.3, 0.4) is 0 Å². The maximum atomic E-state index is 12.0. The fourth-order valence-corrected chi connectivity index (χ4v) is 1.73. The molecule has 1 atom stereocenters. The largest absolute Gasteiger partial charge is 0.504 e. The predicted molar refractivity (Wildman–Crippen MR) is 71.1 cm³/mol. The van der Waals surface area contributed by atoms with Gasteiger partial charge in [0.25, 0.3) is 0 Å². The standard InChI is InChI=1S/C13H21N3O2/c1-13(2,3)7-9(8-14)12(18)16-11-10(17)5-4-6-15-11/h4-6,9,17H,7-8,14H2,1-3H3,(H,15,16,18). The molecule has 1 unspecified atom stereocenters. The predicted octanol–water partition coefficient (Wildman–Crippen LogP) is 1.74. The van der Waals surface area contributed by atoms with Crippen molar-refractivity contribution in [1.82, 2.24) is 4.98 Å². The van der Waals surface area contributed by atoms with E-state index in [2.05, 4.69) is 31.1 Å². The summed E-state index contributed by atoms with van der Waals surface area (Å²) in [6, 6.07) is 3.07. The van der Waals surface area contributed by atoms with E-state index in [1.807, 2.05) is 0 Å². The highest BCUT2D eigenvalue weighted by Crippen LogP contribution is 2.26. The van der Waals surface area contributed by atoms with Crippen molar-refractivity contribution in [1.29, 1.82) is 0 Å². The quantitative estimate of drug-likeness (QED) is 0.760. The first-order valence-electron chi connectivity index (χ1n) is 5.98. The molecule has 0 aliphatic carbocycles. The van der Waals surface area contributed by atoms with Crippen LogP contribution < -0.4 is 11.1 Å². The summed E-state index contributed by atoms with van der Waals surface area (Å²) in [6.07, 6.45) is 2.19. The van der Waals surface area contributed by atoms with Crippen molar-refractivity contribution in [2.45, 2.75) is 27.2 Å². The van der Waals surface area contributed by atoms with E-state index in [0.29, 0.717) is 6.42 Å². The minimum atomic E-state index is -0.286. The van der Waals surface area contributed by atoms with Gasteiger partial charge >= 0.3 is 0 Å². The van der Waals surface area contributed by atoms with Crippen molar-refractivity contribution in [2.75, 3.05) is 11.9 Å². The second-order valence-electron chi connectivity index (χ2n) is 5.56. The van der Waals surface area contributed by atoms with Crippen LogP contribution >= 0.6 is 0 Å². The molecule has 4 N–H and O–H groups in total. The maximum absolute atomic E-state index is 12.0. The van der Waals surface area contributed by atoms with Crippen LogP contribution in [0, 0.1) is 11.3 Å². The van der Waals surface area contributed by atoms with Gasteiger partial charge in [-0.15, -0.1) is 0 Å². The van der Waals surface area contributed by atoms with E-state index in [1.165, 1.54) is 12.3 Å². The summed E-state index contributed by atoms with van der Waals surface area (Å²) < 4.78 is 0. The van der Waals surface area contributed by atoms with Gasteiger partial charge in [0, 0.05) is 12.7 Å². The second-order valence-corrected chi connectivity index (χ2v) is 5.56. The summed E-state index contributed by atoms with van der Waals surface area (Å²) in [7, 11) is 0. The number of pyridine rings is 1. The Kier molecular flexibility index (Phi) is 4.67. The minimum absolute atomic E-state index is 0.0214. The molecule has 5 heteroatoms. The Morgan fingerprint density at radius 2 is 2.22 bits per heavy atom. The highest BCUT2D eigenvalue weighted by atomic mass is 16.3. The molecule has 0 saturated heterocycles. The Bertz CT molecular complexity index is 413. The van der Waals surface area contributed by atoms with Crippen molar-refractivity contribution in [2.24, 2.45) is 17.1 Å². The zero-order valence-electron chi connectivity index (χ0n) is 11.1. The van der Waals surface area contributed by atoms with Crippen molar-refractivity contribution in [3.63, 3.8) is 0 Å². The molecule has 0 bridgehead atoms. The highest BCUT2D eigenvalue weighted by molar-refractivity contribution is 5.92. The number of amides is 1. The Labute approximate surface area is 107 Å². The van der Waals surface area contributed by atoms with Crippen LogP contribution in [0.1, 0.15) is 27.2 Å². The van der Waals surface area contributed by atoms with Gasteiger partial charge in [0.1, 0.15) is 0 Å². The Hall–Kier alpha value is -1.62. The smallest absolute Gasteiger partial charge is 0.230 e. The maximum Gasteiger partial charge on any atom is 0.230 e. The summed E-state index contributed by atoms with van der Waals surface area (Å²) in [4.78, 5) is 15.9. The number of nitrogens with two attached hydrogens (primary N) is 1. The van der Waals surface area contributed by atoms with E-state index >= 15 is 0 Å². The molecule has 1 amide bonds. The number of rotatable bonds is 4. The SMILES string of the molecule is CC(C)(C)CC(CN)C(=O)Nc1ncccc1O. The molecule has 100 valence electrons. The molecule has 18 heavy (non-hydrogen) atoms. The lowest BCUT2D eigenvalue weighted by Gasteiger charge is -2.24. The third-order valence-electron chi connectivity index (χ3n) is 2.54. The van der Waals surface area contributed by atoms with Crippen LogP contribution in [0.25, 0.3) is 0 Å². The third kappa shape index (κ3) is 4.33. The van der Waals surface area contributed by atoms with Gasteiger partial charge in [-0.1, -0.05) is 20.8 Å². The molecule has 1 aromatic rings. The number of carbonyl (C=O) groups is 1. The molecule has 0 radical (unpaired) electrons. The first-order valence-corrected chi connectivity index (χ1v) is 5.98. The van der Waals surface area contributed by atoms with E-state index in [0.717, 1.165) is 0 Å². The van der Waals surface area contributed by atoms with E-state index < -0.39 is 0 Å². The van der Waals surface area contributed by atoms with E-state index in [9.17, 15) is 9.90 Å². The zero-order chi connectivity index (χ0) is 13.8. The summed E-state index contributed by atoms with van der Waals surface area (Å²) in [5.74, 6) is -0.361. The van der Waals surface area contributed by atoms with Crippen molar-refractivity contribution >= 4 is 11.7 Å². The number of nitrogens with one attached hydrogen (secondary N) is 1. The van der Waals surface area contributed by atoms with Crippen LogP contribution in [0.2, 0.25) is 0 Å². The number of aromatic nitrogens is 1. The fourth-order valence-electron chi connectivity index (χ4n) is 1.73. The van der Waals surface area contributed by atoms with Crippen LogP contribution in [-0.4, -0.2) is 22.5 Å². The number of hydrogen-bond acceptors (Lipinski definition) is 4. The molecule has 1 heterocycles. The zero-order valence-corrected chi connectivity index (χ0v) is 11.1. The van der Waals surface area contributed by atoms with E-state index in [-0.39, 0.29) is 35.4 Å². The number of aromatic hydroxyl groups is 1. The van der Waals surface area contributed by atoms with Crippen molar-refractivity contribution in [3.05, 3.63) is 18.3 Å². The monoisotopic (exact) mass is 251 g/mol. The van der Waals surface area contributed by atoms with Crippen LogP contribution in [0.5, 0.6) is 5.75 Å². The number of hydrogen-bond donors (Lipinski definition) is 3. The first kappa shape index (κ1) is 14.4. The van der Waals surface area contributed by atoms with Gasteiger partial charge in [-0.05, 0) is 24.0 Å². The number of carbonyl (C=O) groups excluding carboxylic acids is 1. The normalized spacial score (nSPS) is 13.1. The molecule has 1 rings (SSSR count). The number of anilines is 1. The van der Waals surface area contributed by atoms with Gasteiger partial charge in [-0.2, -0.15) is 0 Å². The second kappa shape index (κ2) is 5.82. The van der Waals surface area contributed by atoms with Crippen LogP contribution in [0.15, 0.2) is 18.3 Å². The Morgan fingerprint density at radius 3 is 2.72 bits per heavy atom. The summed E-state index contributed by atoms with van der Waals surface area (Å²) in [5, 5.41) is 12.1. The average Bonchev–Trinajstić information content (AvgIpc) is 2.27. The van der Waals surface area contributed by atoms with E-state index in [1.54, 1.807) is 6.07 Å². The van der Waals surface area contributed by atoms with Gasteiger partial charge in [-0.3, -0.25) is 4.79 Å². The lowest BCUT2D eigenvalue weighted by molar-refractivity contribution is -0.120. The third-order valence-corrected chi connectivity index (χ3v) is 2.54. The summed E-state index contributed by atoms with van der Waals surface area (Å²) in [6.45, 7) is 6.44. The molecule has 0 spiro atoms. The molecule has 0 fully saturated rings. The van der Waals surface area contributed by atoms with Crippen LogP contribution in [0.4, 0.5) is 5.82 Å². The lowest BCUT2D eigenvalue weighted by atomic mass is 9.84. The van der Waals surface area contributed by atoms with Crippen molar-refractivity contribution < 1.29 is 9.90 Å². The Morgan fingerprint density at radius 1 is 1.56 bits per heavy atom. The molecule has 0 aliphatic heterocycles. The Balaban J connectivity index is 2.72. The van der Waals surface area contributed by atoms with Gasteiger partial charge in [-0.25, -0.2) is 4.98 Å². The van der Waals surface area contributed by atoms with Crippen molar-refractivity contribution in [3.8, 4) is 5.75 Å². The first-order chi connectivity index (χ1) is 8.33. The van der Waals surface area contributed by atoms with Crippen LogP contribution in [-0.2, 0) is 4.79 Å². The molecule has 5 nitrogen and oxygen atoms in total. The molecular weight excluding hydrogens is 230 g/mol. The summed E-state index contributed by atoms with van der Waals surface area (Å²) in [5.41, 5.74) is 5.65. The molecular formula is C13H21N3O2. The number of nitrogens with zero attached hydrogens (tertiary/aromatic N) is 1. The molecule has 0 aliphatic rings. The van der Waals surface area contributed by atoms with Gasteiger partial charge < -0.3 is 16.2 Å².